The van der Waals surface area contributed by atoms with Crippen LogP contribution in [0.3, 0.4) is 0 Å². The zero-order valence-corrected chi connectivity index (χ0v) is 23.0. The van der Waals surface area contributed by atoms with Crippen LogP contribution in [0, 0.1) is 0 Å². The van der Waals surface area contributed by atoms with Gasteiger partial charge < -0.3 is 25.2 Å². The molecule has 0 aliphatic rings. The number of carbonyl (C=O) groups is 1. The van der Waals surface area contributed by atoms with E-state index < -0.39 is 0 Å². The SMILES string of the molecule is C=CC(=O)Nc1cc(Nc2cn3c(-c4cnc5ccccc5c4)cnc3cn2)c(OC)cc1N(C)CCN(C)C. The van der Waals surface area contributed by atoms with E-state index in [-0.39, 0.29) is 5.91 Å². The van der Waals surface area contributed by atoms with Crippen LogP contribution in [-0.2, 0) is 4.79 Å². The number of pyridine rings is 1. The highest BCUT2D eigenvalue weighted by Crippen LogP contribution is 2.38. The number of likely N-dealkylation sites (N-methyl/N-ethyl adjacent to an activating group) is 2. The normalized spacial score (nSPS) is 11.1. The Labute approximate surface area is 232 Å². The molecule has 0 saturated heterocycles. The fourth-order valence-electron chi connectivity index (χ4n) is 4.42. The Hall–Kier alpha value is -4.96. The Morgan fingerprint density at radius 1 is 1.02 bits per heavy atom. The van der Waals surface area contributed by atoms with Gasteiger partial charge in [0.1, 0.15) is 11.6 Å². The van der Waals surface area contributed by atoms with Crippen molar-refractivity contribution >= 4 is 45.3 Å². The van der Waals surface area contributed by atoms with E-state index in [1.165, 1.54) is 6.08 Å². The highest BCUT2D eigenvalue weighted by molar-refractivity contribution is 6.02. The van der Waals surface area contributed by atoms with E-state index in [0.717, 1.165) is 40.9 Å². The van der Waals surface area contributed by atoms with Gasteiger partial charge >= 0.3 is 0 Å². The lowest BCUT2D eigenvalue weighted by Crippen LogP contribution is -2.29. The minimum absolute atomic E-state index is 0.301. The molecular formula is C30H32N8O2. The van der Waals surface area contributed by atoms with Crippen molar-refractivity contribution in [1.29, 1.82) is 0 Å². The predicted molar refractivity (Wildman–Crippen MR) is 161 cm³/mol. The van der Waals surface area contributed by atoms with Gasteiger partial charge in [-0.25, -0.2) is 9.97 Å². The first kappa shape index (κ1) is 26.6. The summed E-state index contributed by atoms with van der Waals surface area (Å²) >= 11 is 0. The molecule has 0 fully saturated rings. The number of anilines is 4. The number of imidazole rings is 1. The van der Waals surface area contributed by atoms with E-state index in [9.17, 15) is 4.79 Å². The third-order valence-electron chi connectivity index (χ3n) is 6.60. The third kappa shape index (κ3) is 5.57. The monoisotopic (exact) mass is 536 g/mol. The van der Waals surface area contributed by atoms with Gasteiger partial charge in [0.2, 0.25) is 5.91 Å². The average molecular weight is 537 g/mol. The van der Waals surface area contributed by atoms with E-state index in [4.69, 9.17) is 4.74 Å². The predicted octanol–water partition coefficient (Wildman–Crippen LogP) is 4.82. The summed E-state index contributed by atoms with van der Waals surface area (Å²) in [6.45, 7) is 5.19. The second-order valence-corrected chi connectivity index (χ2v) is 9.67. The maximum atomic E-state index is 12.3. The van der Waals surface area contributed by atoms with Crippen molar-refractivity contribution in [3.8, 4) is 17.0 Å². The van der Waals surface area contributed by atoms with Crippen LogP contribution in [0.15, 0.2) is 79.9 Å². The first-order valence-corrected chi connectivity index (χ1v) is 12.8. The molecule has 5 aromatic rings. The molecule has 3 heterocycles. The number of fused-ring (bicyclic) bond motifs is 2. The van der Waals surface area contributed by atoms with Crippen molar-refractivity contribution in [1.82, 2.24) is 24.3 Å². The number of amides is 1. The van der Waals surface area contributed by atoms with E-state index in [1.54, 1.807) is 13.3 Å². The average Bonchev–Trinajstić information content (AvgIpc) is 3.39. The molecule has 0 bridgehead atoms. The summed E-state index contributed by atoms with van der Waals surface area (Å²) in [4.78, 5) is 30.2. The third-order valence-corrected chi connectivity index (χ3v) is 6.60. The van der Waals surface area contributed by atoms with Gasteiger partial charge in [-0.15, -0.1) is 0 Å². The smallest absolute Gasteiger partial charge is 0.247 e. The van der Waals surface area contributed by atoms with Gasteiger partial charge in [-0.05, 0) is 38.4 Å². The number of methoxy groups -OCH3 is 1. The largest absolute Gasteiger partial charge is 0.494 e. The summed E-state index contributed by atoms with van der Waals surface area (Å²) in [5, 5.41) is 7.34. The number of rotatable bonds is 10. The van der Waals surface area contributed by atoms with E-state index in [2.05, 4.69) is 48.0 Å². The number of ether oxygens (including phenoxy) is 1. The fourth-order valence-corrected chi connectivity index (χ4v) is 4.42. The number of benzene rings is 2. The zero-order chi connectivity index (χ0) is 28.2. The molecule has 0 aliphatic heterocycles. The summed E-state index contributed by atoms with van der Waals surface area (Å²) in [5.74, 6) is 0.883. The lowest BCUT2D eigenvalue weighted by molar-refractivity contribution is -0.111. The molecule has 40 heavy (non-hydrogen) atoms. The van der Waals surface area contributed by atoms with Crippen molar-refractivity contribution in [3.05, 3.63) is 79.9 Å². The minimum atomic E-state index is -0.301. The second-order valence-electron chi connectivity index (χ2n) is 9.67. The molecule has 1 amide bonds. The fraction of sp³-hybridized carbons (Fsp3) is 0.200. The molecule has 10 heteroatoms. The summed E-state index contributed by atoms with van der Waals surface area (Å²) in [6, 6.07) is 13.9. The molecule has 0 radical (unpaired) electrons. The van der Waals surface area contributed by atoms with E-state index in [1.807, 2.05) is 80.5 Å². The molecule has 2 aromatic carbocycles. The van der Waals surface area contributed by atoms with E-state index in [0.29, 0.717) is 28.6 Å². The molecular weight excluding hydrogens is 504 g/mol. The molecule has 0 atom stereocenters. The van der Waals surface area contributed by atoms with Gasteiger partial charge in [0.25, 0.3) is 0 Å². The van der Waals surface area contributed by atoms with Crippen LogP contribution >= 0.6 is 0 Å². The van der Waals surface area contributed by atoms with Gasteiger partial charge in [0.05, 0.1) is 54.0 Å². The van der Waals surface area contributed by atoms with Crippen LogP contribution in [0.4, 0.5) is 22.9 Å². The molecule has 10 nitrogen and oxygen atoms in total. The maximum Gasteiger partial charge on any atom is 0.247 e. The Kier molecular flexibility index (Phi) is 7.61. The van der Waals surface area contributed by atoms with Crippen LogP contribution in [0.5, 0.6) is 5.75 Å². The van der Waals surface area contributed by atoms with Crippen LogP contribution < -0.4 is 20.3 Å². The molecule has 0 unspecified atom stereocenters. The van der Waals surface area contributed by atoms with Crippen LogP contribution in [0.25, 0.3) is 27.8 Å². The number of nitrogens with one attached hydrogen (secondary N) is 2. The van der Waals surface area contributed by atoms with Crippen LogP contribution in [-0.4, -0.2) is 71.5 Å². The Morgan fingerprint density at radius 2 is 1.85 bits per heavy atom. The highest BCUT2D eigenvalue weighted by atomic mass is 16.5. The summed E-state index contributed by atoms with van der Waals surface area (Å²) in [5.41, 5.74) is 5.57. The lowest BCUT2D eigenvalue weighted by Gasteiger charge is -2.26. The highest BCUT2D eigenvalue weighted by Gasteiger charge is 2.17. The molecule has 2 N–H and O–H groups in total. The number of aromatic nitrogens is 4. The van der Waals surface area contributed by atoms with E-state index >= 15 is 0 Å². The van der Waals surface area contributed by atoms with Crippen molar-refractivity contribution in [2.24, 2.45) is 0 Å². The Morgan fingerprint density at radius 3 is 2.62 bits per heavy atom. The summed E-state index contributed by atoms with van der Waals surface area (Å²) in [7, 11) is 7.64. The quantitative estimate of drug-likeness (QED) is 0.245. The zero-order valence-electron chi connectivity index (χ0n) is 23.0. The summed E-state index contributed by atoms with van der Waals surface area (Å²) < 4.78 is 7.71. The Bertz CT molecular complexity index is 1690. The molecule has 0 saturated carbocycles. The van der Waals surface area contributed by atoms with Crippen LogP contribution in [0.2, 0.25) is 0 Å². The Balaban J connectivity index is 1.51. The lowest BCUT2D eigenvalue weighted by atomic mass is 10.1. The molecule has 204 valence electrons. The standard InChI is InChI=1S/C30H32N8O2/c1-6-30(39)35-23-14-24(27(40-5)15-25(23)37(4)12-11-36(2)3)34-28-19-38-26(17-33-29(38)18-32-28)21-13-20-9-7-8-10-22(20)31-16-21/h6-10,13-19,34H,1,11-12H2,2-5H3,(H,35,39). The summed E-state index contributed by atoms with van der Waals surface area (Å²) in [6.07, 6.45) is 8.50. The van der Waals surface area contributed by atoms with Gasteiger partial charge in [-0.2, -0.15) is 0 Å². The topological polar surface area (TPSA) is 99.9 Å². The second kappa shape index (κ2) is 11.4. The van der Waals surface area contributed by atoms with Crippen LogP contribution in [0.1, 0.15) is 0 Å². The first-order chi connectivity index (χ1) is 19.4. The number of hydrogen-bond acceptors (Lipinski definition) is 8. The maximum absolute atomic E-state index is 12.3. The van der Waals surface area contributed by atoms with Crippen molar-refractivity contribution < 1.29 is 9.53 Å². The number of hydrogen-bond donors (Lipinski definition) is 2. The number of carbonyl (C=O) groups excluding carboxylic acids is 1. The molecule has 3 aromatic heterocycles. The minimum Gasteiger partial charge on any atom is -0.494 e. The van der Waals surface area contributed by atoms with Gasteiger partial charge in [0, 0.05) is 43.4 Å². The number of para-hydroxylation sites is 1. The first-order valence-electron chi connectivity index (χ1n) is 12.8. The van der Waals surface area contributed by atoms with Crippen molar-refractivity contribution in [3.63, 3.8) is 0 Å². The van der Waals surface area contributed by atoms with Gasteiger partial charge in [-0.1, -0.05) is 24.8 Å². The molecule has 5 rings (SSSR count). The number of nitrogens with zero attached hydrogens (tertiary/aromatic N) is 6. The van der Waals surface area contributed by atoms with Gasteiger partial charge in [-0.3, -0.25) is 14.2 Å². The molecule has 0 aliphatic carbocycles. The van der Waals surface area contributed by atoms with Gasteiger partial charge in [0.15, 0.2) is 5.65 Å². The van der Waals surface area contributed by atoms with Crippen molar-refractivity contribution in [2.75, 3.05) is 56.9 Å². The molecule has 0 spiro atoms. The van der Waals surface area contributed by atoms with Crippen molar-refractivity contribution in [2.45, 2.75) is 0 Å².